The minimum absolute atomic E-state index is 0.0276. The summed E-state index contributed by atoms with van der Waals surface area (Å²) in [5, 5.41) is 41.7. The number of rotatable bonds is 12. The maximum atomic E-state index is 17.1. The number of aromatic nitrogens is 6. The van der Waals surface area contributed by atoms with Gasteiger partial charge in [0, 0.05) is 142 Å². The number of nitrogens with one attached hydrogen (secondary N) is 2. The number of anilines is 2. The number of terminal acetylenes is 2. The lowest BCUT2D eigenvalue weighted by atomic mass is 9.95. The van der Waals surface area contributed by atoms with Gasteiger partial charge in [0.05, 0.1) is 23.3 Å². The first-order valence-electron chi connectivity index (χ1n) is 29.3. The standard InChI is InChI=1S/C37H30F2N6O2.C32H32F2N4O3/c1-3-27-30(38)12-9-22-15-26(46)16-28(33(22)27)35-34(39)32-21(2)37(47-20-31-40-13-14-45(31)25-7-5-4-6-8-25)43-36(29(32)17-41-35)44-18-23-10-11-24(19-44)42-23;1-5-22-25(33)9-6-18-12-21(39)13-23(27(18)22)29-28(34)26-17(2)31(41-11-10-32(3,4)40)37-30(24(26)14-35-29)38-15-19-7-8-20(16-38)36-19/h1,4-9,12-17,23-24,42,46H,10-11,18-20H2,2H3;1,6,9,12-14,19-20,36,39-40H,7-8,10-11,15-16H2,2-4H3. The summed E-state index contributed by atoms with van der Waals surface area (Å²) in [7, 11) is 0. The molecule has 4 saturated heterocycles. The maximum Gasteiger partial charge on any atom is 0.219 e. The number of ether oxygens (including phenoxy) is 2. The molecule has 9 heterocycles. The highest BCUT2D eigenvalue weighted by Crippen LogP contribution is 2.44. The Balaban J connectivity index is 0.000000164. The number of aromatic hydroxyl groups is 2. The molecule has 5 aromatic heterocycles. The van der Waals surface area contributed by atoms with Crippen LogP contribution in [0.2, 0.25) is 0 Å². The highest BCUT2D eigenvalue weighted by atomic mass is 19.1. The van der Waals surface area contributed by atoms with Crippen LogP contribution in [0.4, 0.5) is 29.2 Å². The van der Waals surface area contributed by atoms with Crippen molar-refractivity contribution in [3.05, 3.63) is 155 Å². The zero-order chi connectivity index (χ0) is 61.3. The summed E-state index contributed by atoms with van der Waals surface area (Å²) in [6, 6.07) is 22.2. The average Bonchev–Trinajstić information content (AvgIpc) is 1.06. The van der Waals surface area contributed by atoms with Crippen LogP contribution in [0.3, 0.4) is 0 Å². The predicted octanol–water partition coefficient (Wildman–Crippen LogP) is 11.6. The van der Waals surface area contributed by atoms with Crippen LogP contribution >= 0.6 is 0 Å². The fraction of sp³-hybridized carbons (Fsp3) is 0.290. The van der Waals surface area contributed by atoms with Crippen LogP contribution in [-0.2, 0) is 6.61 Å². The van der Waals surface area contributed by atoms with E-state index in [2.05, 4.69) is 47.2 Å². The van der Waals surface area contributed by atoms with E-state index in [1.54, 1.807) is 46.3 Å². The first-order valence-corrected chi connectivity index (χ1v) is 29.3. The van der Waals surface area contributed by atoms with Crippen LogP contribution in [0.1, 0.15) is 74.0 Å². The van der Waals surface area contributed by atoms with Crippen molar-refractivity contribution in [1.82, 2.24) is 40.1 Å². The first-order chi connectivity index (χ1) is 42.4. The first kappa shape index (κ1) is 57.5. The number of benzene rings is 5. The molecule has 5 aromatic carbocycles. The SMILES string of the molecule is C#Cc1c(F)ccc2cc(O)cc(-c3ncc4c(N5CC6CCC(C5)N6)nc(OCCC(C)(C)O)c(C)c4c3F)c12.C#Cc1c(F)ccc2cc(O)cc(-c3ncc4c(N5CC6CCC(C5)N6)nc(OCc5nccn5-c5ccccc5)c(C)c4c3F)c12. The molecule has 446 valence electrons. The maximum absolute atomic E-state index is 17.1. The molecule has 88 heavy (non-hydrogen) atoms. The number of aliphatic hydroxyl groups is 1. The highest BCUT2D eigenvalue weighted by molar-refractivity contribution is 6.06. The molecular weight excluding hydrogens is 1120 g/mol. The third kappa shape index (κ3) is 10.6. The fourth-order valence-corrected chi connectivity index (χ4v) is 13.1. The number of pyridine rings is 4. The number of fused-ring (bicyclic) bond motifs is 8. The largest absolute Gasteiger partial charge is 0.508 e. The highest BCUT2D eigenvalue weighted by Gasteiger charge is 2.37. The van der Waals surface area contributed by atoms with E-state index >= 15 is 8.78 Å². The molecule has 4 atom stereocenters. The molecule has 15 nitrogen and oxygen atoms in total. The molecule has 4 fully saturated rings. The molecule has 10 aromatic rings. The lowest BCUT2D eigenvalue weighted by Gasteiger charge is -2.34. The van der Waals surface area contributed by atoms with Gasteiger partial charge in [0.25, 0.3) is 0 Å². The second-order valence-electron chi connectivity index (χ2n) is 23.8. The second kappa shape index (κ2) is 23.0. The summed E-state index contributed by atoms with van der Waals surface area (Å²) < 4.78 is 77.8. The Bertz CT molecular complexity index is 4500. The number of hydrogen-bond acceptors (Lipinski definition) is 14. The van der Waals surface area contributed by atoms with Crippen molar-refractivity contribution in [1.29, 1.82) is 0 Å². The summed E-state index contributed by atoms with van der Waals surface area (Å²) in [5.74, 6) is 4.38. The van der Waals surface area contributed by atoms with Crippen molar-refractivity contribution in [2.45, 2.75) is 96.2 Å². The van der Waals surface area contributed by atoms with Crippen LogP contribution in [0.5, 0.6) is 23.3 Å². The van der Waals surface area contributed by atoms with Crippen molar-refractivity contribution >= 4 is 54.7 Å². The number of para-hydroxylation sites is 1. The van der Waals surface area contributed by atoms with Crippen molar-refractivity contribution in [2.24, 2.45) is 0 Å². The minimum atomic E-state index is -0.936. The number of nitrogens with zero attached hydrogens (tertiary/aromatic N) is 8. The number of hydrogen-bond donors (Lipinski definition) is 5. The third-order valence-electron chi connectivity index (χ3n) is 17.3. The van der Waals surface area contributed by atoms with Crippen molar-refractivity contribution in [3.8, 4) is 76.1 Å². The van der Waals surface area contributed by atoms with E-state index in [0.29, 0.717) is 105 Å². The summed E-state index contributed by atoms with van der Waals surface area (Å²) in [5.41, 5.74) is 1.15. The molecule has 14 rings (SSSR count). The monoisotopic (exact) mass is 1190 g/mol. The van der Waals surface area contributed by atoms with Gasteiger partial charge in [0.1, 0.15) is 52.8 Å². The Morgan fingerprint density at radius 3 is 1.55 bits per heavy atom. The Kier molecular flexibility index (Phi) is 15.0. The molecule has 0 amide bonds. The third-order valence-corrected chi connectivity index (χ3v) is 17.3. The number of halogens is 4. The predicted molar refractivity (Wildman–Crippen MR) is 332 cm³/mol. The van der Waals surface area contributed by atoms with E-state index < -0.39 is 28.9 Å². The molecule has 5 N–H and O–H groups in total. The van der Waals surface area contributed by atoms with Crippen molar-refractivity contribution in [3.63, 3.8) is 0 Å². The summed E-state index contributed by atoms with van der Waals surface area (Å²) >= 11 is 0. The van der Waals surface area contributed by atoms with E-state index in [1.165, 1.54) is 48.5 Å². The molecule has 0 aliphatic carbocycles. The van der Waals surface area contributed by atoms with Gasteiger partial charge in [-0.3, -0.25) is 9.97 Å². The van der Waals surface area contributed by atoms with Gasteiger partial charge in [0.2, 0.25) is 11.8 Å². The number of phenolic OH excluding ortho intramolecular Hbond substituents is 2. The summed E-state index contributed by atoms with van der Waals surface area (Å²) in [4.78, 5) is 27.8. The van der Waals surface area contributed by atoms with Gasteiger partial charge in [-0.1, -0.05) is 42.2 Å². The summed E-state index contributed by atoms with van der Waals surface area (Å²) in [6.45, 7) is 10.0. The van der Waals surface area contributed by atoms with E-state index in [1.807, 2.05) is 41.1 Å². The van der Waals surface area contributed by atoms with E-state index in [-0.39, 0.29) is 80.9 Å². The second-order valence-corrected chi connectivity index (χ2v) is 23.8. The van der Waals surface area contributed by atoms with Crippen LogP contribution in [0.25, 0.3) is 71.3 Å². The molecule has 4 unspecified atom stereocenters. The zero-order valence-electron chi connectivity index (χ0n) is 48.8. The van der Waals surface area contributed by atoms with Crippen molar-refractivity contribution < 1.29 is 42.4 Å². The number of imidazole rings is 1. The lowest BCUT2D eigenvalue weighted by molar-refractivity contribution is 0.0546. The van der Waals surface area contributed by atoms with E-state index in [9.17, 15) is 24.1 Å². The van der Waals surface area contributed by atoms with E-state index in [0.717, 1.165) is 44.5 Å². The Morgan fingerprint density at radius 2 is 1.09 bits per heavy atom. The number of piperazine rings is 2. The topological polar surface area (TPSA) is 179 Å². The van der Waals surface area contributed by atoms with Crippen LogP contribution in [0.15, 0.2) is 104 Å². The minimum Gasteiger partial charge on any atom is -0.508 e. The van der Waals surface area contributed by atoms with Crippen LogP contribution in [0, 0.1) is 61.8 Å². The normalized spacial score (nSPS) is 18.0. The summed E-state index contributed by atoms with van der Waals surface area (Å²) in [6.07, 6.45) is 22.7. The van der Waals surface area contributed by atoms with Gasteiger partial charge in [0.15, 0.2) is 17.5 Å². The van der Waals surface area contributed by atoms with E-state index in [4.69, 9.17) is 32.3 Å². The van der Waals surface area contributed by atoms with Gasteiger partial charge in [-0.25, -0.2) is 22.5 Å². The molecule has 0 radical (unpaired) electrons. The molecule has 4 aliphatic rings. The molecular formula is C69H62F4N10O5. The van der Waals surface area contributed by atoms with Gasteiger partial charge in [-0.15, -0.1) is 12.8 Å². The lowest BCUT2D eigenvalue weighted by Crippen LogP contribution is -2.51. The zero-order valence-corrected chi connectivity index (χ0v) is 48.8. The Labute approximate surface area is 505 Å². The number of phenols is 2. The van der Waals surface area contributed by atoms with Gasteiger partial charge in [-0.05, 0) is 113 Å². The quantitative estimate of drug-likeness (QED) is 0.0576. The molecule has 4 aliphatic heterocycles. The van der Waals surface area contributed by atoms with Gasteiger partial charge in [-0.2, -0.15) is 9.97 Å². The molecule has 19 heteroatoms. The van der Waals surface area contributed by atoms with Gasteiger partial charge < -0.3 is 49.8 Å². The van der Waals surface area contributed by atoms with Crippen molar-refractivity contribution in [2.75, 3.05) is 42.6 Å². The molecule has 4 bridgehead atoms. The fourth-order valence-electron chi connectivity index (χ4n) is 13.1. The van der Waals surface area contributed by atoms with Gasteiger partial charge >= 0.3 is 0 Å². The Hall–Kier alpha value is -9.53. The average molecular weight is 1190 g/mol. The molecule has 0 spiro atoms. The molecule has 0 saturated carbocycles. The Morgan fingerprint density at radius 1 is 0.625 bits per heavy atom. The van der Waals surface area contributed by atoms with Crippen LogP contribution in [-0.4, -0.2) is 107 Å². The smallest absolute Gasteiger partial charge is 0.219 e. The van der Waals surface area contributed by atoms with Crippen LogP contribution < -0.4 is 29.9 Å². The number of aryl methyl sites for hydroxylation is 2.